The molecule has 3 atom stereocenters. The van der Waals surface area contributed by atoms with Crippen LogP contribution < -0.4 is 5.32 Å². The Bertz CT molecular complexity index is 741. The Hall–Kier alpha value is -1.92. The summed E-state index contributed by atoms with van der Waals surface area (Å²) in [6.07, 6.45) is 3.01. The van der Waals surface area contributed by atoms with Crippen molar-refractivity contribution in [2.75, 3.05) is 19.7 Å². The first-order valence-corrected chi connectivity index (χ1v) is 8.18. The van der Waals surface area contributed by atoms with E-state index < -0.39 is 0 Å². The Kier molecular flexibility index (Phi) is 3.58. The van der Waals surface area contributed by atoms with Gasteiger partial charge in [-0.15, -0.1) is 0 Å². The van der Waals surface area contributed by atoms with Gasteiger partial charge in [-0.05, 0) is 31.5 Å². The van der Waals surface area contributed by atoms with Crippen molar-refractivity contribution in [3.05, 3.63) is 30.1 Å². The summed E-state index contributed by atoms with van der Waals surface area (Å²) in [5, 5.41) is 3.17. The summed E-state index contributed by atoms with van der Waals surface area (Å²) < 4.78 is 7.67. The molecule has 1 aromatic heterocycles. The number of nitrogens with one attached hydrogen (secondary N) is 1. The third kappa shape index (κ3) is 2.72. The van der Waals surface area contributed by atoms with Gasteiger partial charge in [-0.25, -0.2) is 4.98 Å². The van der Waals surface area contributed by atoms with Crippen molar-refractivity contribution in [2.24, 2.45) is 7.05 Å². The minimum atomic E-state index is -0.0173. The van der Waals surface area contributed by atoms with Gasteiger partial charge in [-0.1, -0.05) is 0 Å². The number of hydrogen-bond donors (Lipinski definition) is 1. The van der Waals surface area contributed by atoms with Crippen LogP contribution in [0.25, 0.3) is 11.0 Å². The highest BCUT2D eigenvalue weighted by Crippen LogP contribution is 2.23. The van der Waals surface area contributed by atoms with Crippen LogP contribution in [0.5, 0.6) is 0 Å². The summed E-state index contributed by atoms with van der Waals surface area (Å²) in [6.45, 7) is 4.74. The van der Waals surface area contributed by atoms with E-state index in [0.29, 0.717) is 11.6 Å². The fourth-order valence-corrected chi connectivity index (χ4v) is 3.69. The second kappa shape index (κ2) is 5.62. The Labute approximate surface area is 135 Å². The number of carbonyl (C=O) groups is 1. The van der Waals surface area contributed by atoms with Gasteiger partial charge in [0.05, 0.1) is 30.1 Å². The predicted octanol–water partition coefficient (Wildman–Crippen LogP) is 1.16. The van der Waals surface area contributed by atoms with Gasteiger partial charge in [0.1, 0.15) is 0 Å². The molecule has 6 heteroatoms. The second-order valence-corrected chi connectivity index (χ2v) is 6.72. The zero-order valence-electron chi connectivity index (χ0n) is 13.5. The minimum absolute atomic E-state index is 0.0173. The molecule has 1 N–H and O–H groups in total. The van der Waals surface area contributed by atoms with Gasteiger partial charge >= 0.3 is 0 Å². The number of ether oxygens (including phenoxy) is 1. The molecule has 23 heavy (non-hydrogen) atoms. The number of fused-ring (bicyclic) bond motifs is 2. The lowest BCUT2D eigenvalue weighted by atomic mass is 10.1. The van der Waals surface area contributed by atoms with E-state index in [0.717, 1.165) is 37.2 Å². The molecule has 1 amide bonds. The molecule has 0 aliphatic carbocycles. The van der Waals surface area contributed by atoms with E-state index in [1.54, 1.807) is 6.33 Å². The number of rotatable bonds is 2. The highest BCUT2D eigenvalue weighted by molar-refractivity contribution is 5.97. The smallest absolute Gasteiger partial charge is 0.251 e. The van der Waals surface area contributed by atoms with E-state index in [1.807, 2.05) is 29.8 Å². The molecule has 0 saturated carbocycles. The van der Waals surface area contributed by atoms with Crippen molar-refractivity contribution in [2.45, 2.75) is 31.5 Å². The average Bonchev–Trinajstić information content (AvgIpc) is 3.10. The molecule has 3 heterocycles. The number of nitrogens with zero attached hydrogens (tertiary/aromatic N) is 3. The molecule has 4 rings (SSSR count). The monoisotopic (exact) mass is 314 g/mol. The molecule has 0 spiro atoms. The van der Waals surface area contributed by atoms with Crippen molar-refractivity contribution in [3.63, 3.8) is 0 Å². The van der Waals surface area contributed by atoms with Crippen molar-refractivity contribution >= 4 is 16.9 Å². The SMILES string of the molecule is C[C@@H]1CN2C[C@@H](NC(=O)c3ccc4c(c3)ncn4C)C[C@H]2CO1. The Morgan fingerprint density at radius 2 is 2.26 bits per heavy atom. The molecule has 1 aromatic carbocycles. The number of amides is 1. The molecule has 2 aliphatic rings. The summed E-state index contributed by atoms with van der Waals surface area (Å²) in [5.41, 5.74) is 2.56. The van der Waals surface area contributed by atoms with Crippen molar-refractivity contribution < 1.29 is 9.53 Å². The number of morpholine rings is 1. The standard InChI is InChI=1S/C17H22N4O2/c1-11-7-21-8-13(6-14(21)9-23-11)19-17(22)12-3-4-16-15(5-12)18-10-20(16)2/h3-5,10-11,13-14H,6-9H2,1-2H3,(H,19,22)/t11-,13+,14+/m1/s1. The van der Waals surface area contributed by atoms with Crippen LogP contribution in [0.15, 0.2) is 24.5 Å². The van der Waals surface area contributed by atoms with Crippen molar-refractivity contribution in [3.8, 4) is 0 Å². The Morgan fingerprint density at radius 3 is 3.13 bits per heavy atom. The molecular formula is C17H22N4O2. The zero-order valence-corrected chi connectivity index (χ0v) is 13.5. The maximum atomic E-state index is 12.5. The number of hydrogen-bond acceptors (Lipinski definition) is 4. The van der Waals surface area contributed by atoms with Crippen LogP contribution in [0.3, 0.4) is 0 Å². The van der Waals surface area contributed by atoms with Crippen LogP contribution in [0.2, 0.25) is 0 Å². The third-order valence-corrected chi connectivity index (χ3v) is 4.92. The first-order chi connectivity index (χ1) is 11.1. The van der Waals surface area contributed by atoms with Crippen LogP contribution in [-0.2, 0) is 11.8 Å². The predicted molar refractivity (Wildman–Crippen MR) is 87.4 cm³/mol. The van der Waals surface area contributed by atoms with Gasteiger partial charge in [0, 0.05) is 37.8 Å². The fourth-order valence-electron chi connectivity index (χ4n) is 3.69. The van der Waals surface area contributed by atoms with E-state index in [2.05, 4.69) is 22.1 Å². The molecule has 122 valence electrons. The summed E-state index contributed by atoms with van der Waals surface area (Å²) in [6, 6.07) is 6.31. The molecule has 2 aromatic rings. The van der Waals surface area contributed by atoms with E-state index in [1.165, 1.54) is 0 Å². The van der Waals surface area contributed by atoms with Gasteiger partial charge in [-0.3, -0.25) is 9.69 Å². The summed E-state index contributed by atoms with van der Waals surface area (Å²) in [4.78, 5) is 19.3. The Balaban J connectivity index is 1.45. The summed E-state index contributed by atoms with van der Waals surface area (Å²) in [5.74, 6) is -0.0173. The van der Waals surface area contributed by atoms with Gasteiger partial charge in [0.2, 0.25) is 0 Å². The maximum Gasteiger partial charge on any atom is 0.251 e. The normalized spacial score (nSPS) is 28.0. The molecule has 0 unspecified atom stereocenters. The van der Waals surface area contributed by atoms with Crippen LogP contribution in [0.4, 0.5) is 0 Å². The van der Waals surface area contributed by atoms with Gasteiger partial charge in [-0.2, -0.15) is 0 Å². The van der Waals surface area contributed by atoms with Crippen molar-refractivity contribution in [1.82, 2.24) is 19.8 Å². The van der Waals surface area contributed by atoms with E-state index in [4.69, 9.17) is 4.74 Å². The summed E-state index contributed by atoms with van der Waals surface area (Å²) >= 11 is 0. The topological polar surface area (TPSA) is 59.4 Å². The van der Waals surface area contributed by atoms with Crippen molar-refractivity contribution in [1.29, 1.82) is 0 Å². The zero-order chi connectivity index (χ0) is 16.0. The third-order valence-electron chi connectivity index (χ3n) is 4.92. The largest absolute Gasteiger partial charge is 0.376 e. The first kappa shape index (κ1) is 14.7. The van der Waals surface area contributed by atoms with Gasteiger partial charge < -0.3 is 14.6 Å². The number of aryl methyl sites for hydroxylation is 1. The molecule has 0 bridgehead atoms. The first-order valence-electron chi connectivity index (χ1n) is 8.18. The van der Waals surface area contributed by atoms with E-state index in [-0.39, 0.29) is 18.1 Å². The lowest BCUT2D eigenvalue weighted by Gasteiger charge is -2.33. The lowest BCUT2D eigenvalue weighted by Crippen LogP contribution is -2.45. The highest BCUT2D eigenvalue weighted by atomic mass is 16.5. The molecule has 2 fully saturated rings. The molecule has 2 aliphatic heterocycles. The number of imidazole rings is 1. The van der Waals surface area contributed by atoms with Crippen LogP contribution in [0.1, 0.15) is 23.7 Å². The van der Waals surface area contributed by atoms with E-state index in [9.17, 15) is 4.79 Å². The highest BCUT2D eigenvalue weighted by Gasteiger charge is 2.36. The molecular weight excluding hydrogens is 292 g/mol. The molecule has 0 radical (unpaired) electrons. The summed E-state index contributed by atoms with van der Waals surface area (Å²) in [7, 11) is 1.95. The lowest BCUT2D eigenvalue weighted by molar-refractivity contribution is -0.0390. The quantitative estimate of drug-likeness (QED) is 0.904. The molecule has 6 nitrogen and oxygen atoms in total. The average molecular weight is 314 g/mol. The van der Waals surface area contributed by atoms with Crippen LogP contribution in [-0.4, -0.2) is 58.2 Å². The van der Waals surface area contributed by atoms with Gasteiger partial charge in [0.25, 0.3) is 5.91 Å². The van der Waals surface area contributed by atoms with E-state index >= 15 is 0 Å². The number of benzene rings is 1. The molecule has 2 saturated heterocycles. The van der Waals surface area contributed by atoms with Crippen LogP contribution >= 0.6 is 0 Å². The Morgan fingerprint density at radius 1 is 1.39 bits per heavy atom. The fraction of sp³-hybridized carbons (Fsp3) is 0.529. The number of carbonyl (C=O) groups excluding carboxylic acids is 1. The maximum absolute atomic E-state index is 12.5. The van der Waals surface area contributed by atoms with Gasteiger partial charge in [0.15, 0.2) is 0 Å². The second-order valence-electron chi connectivity index (χ2n) is 6.72. The number of aromatic nitrogens is 2. The minimum Gasteiger partial charge on any atom is -0.376 e. The van der Waals surface area contributed by atoms with Crippen LogP contribution in [0, 0.1) is 0 Å².